The summed E-state index contributed by atoms with van der Waals surface area (Å²) in [5.41, 5.74) is 1.55. The van der Waals surface area contributed by atoms with Crippen LogP contribution in [0.2, 0.25) is 5.02 Å². The van der Waals surface area contributed by atoms with Gasteiger partial charge >= 0.3 is 0 Å². The summed E-state index contributed by atoms with van der Waals surface area (Å²) in [6.45, 7) is 0.642. The average molecular weight is 251 g/mol. The summed E-state index contributed by atoms with van der Waals surface area (Å²) in [5, 5.41) is 3.54. The van der Waals surface area contributed by atoms with Gasteiger partial charge in [-0.05, 0) is 36.2 Å². The van der Waals surface area contributed by atoms with Crippen LogP contribution in [0.3, 0.4) is 0 Å². The van der Waals surface area contributed by atoms with Crippen LogP contribution in [0, 0.1) is 5.82 Å². The predicted octanol–water partition coefficient (Wildman–Crippen LogP) is 3.53. The number of rotatable bonds is 4. The summed E-state index contributed by atoms with van der Waals surface area (Å²) in [4.78, 5) is 4.02. The molecular formula is C13H12ClFN2. The molecule has 2 nitrogen and oxygen atoms in total. The third-order valence-corrected chi connectivity index (χ3v) is 2.62. The normalized spacial score (nSPS) is 10.2. The summed E-state index contributed by atoms with van der Waals surface area (Å²) in [7, 11) is 0. The molecule has 2 rings (SSSR count). The molecule has 17 heavy (non-hydrogen) atoms. The topological polar surface area (TPSA) is 24.9 Å². The van der Waals surface area contributed by atoms with Crippen molar-refractivity contribution in [3.63, 3.8) is 0 Å². The first-order valence-corrected chi connectivity index (χ1v) is 5.71. The molecule has 1 aromatic heterocycles. The van der Waals surface area contributed by atoms with Gasteiger partial charge in [0.2, 0.25) is 0 Å². The van der Waals surface area contributed by atoms with E-state index < -0.39 is 0 Å². The zero-order valence-corrected chi connectivity index (χ0v) is 9.91. The molecular weight excluding hydrogens is 239 g/mol. The number of nitrogens with one attached hydrogen (secondary N) is 1. The van der Waals surface area contributed by atoms with Crippen molar-refractivity contribution in [1.29, 1.82) is 0 Å². The third-order valence-electron chi connectivity index (χ3n) is 2.38. The molecule has 88 valence electrons. The van der Waals surface area contributed by atoms with Crippen molar-refractivity contribution in [2.24, 2.45) is 0 Å². The molecule has 1 aromatic carbocycles. The van der Waals surface area contributed by atoms with E-state index in [-0.39, 0.29) is 5.82 Å². The van der Waals surface area contributed by atoms with Crippen LogP contribution in [0.1, 0.15) is 5.56 Å². The van der Waals surface area contributed by atoms with Crippen LogP contribution in [0.5, 0.6) is 0 Å². The highest BCUT2D eigenvalue weighted by Gasteiger charge is 2.01. The van der Waals surface area contributed by atoms with E-state index in [1.165, 1.54) is 12.1 Å². The maximum Gasteiger partial charge on any atom is 0.146 e. The van der Waals surface area contributed by atoms with Crippen molar-refractivity contribution in [1.82, 2.24) is 4.98 Å². The maximum atomic E-state index is 13.4. The molecule has 0 aliphatic heterocycles. The van der Waals surface area contributed by atoms with Gasteiger partial charge in [0.1, 0.15) is 5.82 Å². The highest BCUT2D eigenvalue weighted by Crippen LogP contribution is 2.19. The molecule has 0 aliphatic rings. The van der Waals surface area contributed by atoms with Crippen LogP contribution in [0.4, 0.5) is 10.1 Å². The molecule has 4 heteroatoms. The van der Waals surface area contributed by atoms with Gasteiger partial charge in [-0.1, -0.05) is 17.7 Å². The second kappa shape index (κ2) is 5.64. The molecule has 0 saturated heterocycles. The quantitative estimate of drug-likeness (QED) is 0.898. The molecule has 0 saturated carbocycles. The lowest BCUT2D eigenvalue weighted by Crippen LogP contribution is -2.06. The molecule has 0 atom stereocenters. The number of pyridine rings is 1. The Bertz CT molecular complexity index is 488. The number of nitrogens with zero attached hydrogens (tertiary/aromatic N) is 1. The monoisotopic (exact) mass is 250 g/mol. The Morgan fingerprint density at radius 1 is 1.29 bits per heavy atom. The van der Waals surface area contributed by atoms with E-state index in [9.17, 15) is 4.39 Å². The van der Waals surface area contributed by atoms with Crippen LogP contribution in [-0.4, -0.2) is 11.5 Å². The number of hydrogen-bond acceptors (Lipinski definition) is 2. The van der Waals surface area contributed by atoms with Crippen LogP contribution < -0.4 is 5.32 Å². The SMILES string of the molecule is Fc1ccc(Cl)cc1NCCc1cccnc1. The zero-order valence-electron chi connectivity index (χ0n) is 9.16. The molecule has 0 unspecified atom stereocenters. The Kier molecular flexibility index (Phi) is 3.94. The minimum absolute atomic E-state index is 0.291. The van der Waals surface area contributed by atoms with Crippen LogP contribution in [0.25, 0.3) is 0 Å². The molecule has 0 bridgehead atoms. The fraction of sp³-hybridized carbons (Fsp3) is 0.154. The van der Waals surface area contributed by atoms with E-state index in [1.54, 1.807) is 18.5 Å². The van der Waals surface area contributed by atoms with Gasteiger partial charge in [-0.2, -0.15) is 0 Å². The lowest BCUT2D eigenvalue weighted by molar-refractivity contribution is 0.630. The minimum atomic E-state index is -0.291. The lowest BCUT2D eigenvalue weighted by atomic mass is 10.2. The summed E-state index contributed by atoms with van der Waals surface area (Å²) < 4.78 is 13.4. The zero-order chi connectivity index (χ0) is 12.1. The van der Waals surface area contributed by atoms with Crippen molar-refractivity contribution in [3.8, 4) is 0 Å². The summed E-state index contributed by atoms with van der Waals surface area (Å²) in [5.74, 6) is -0.291. The molecule has 2 aromatic rings. The van der Waals surface area contributed by atoms with Crippen molar-refractivity contribution >= 4 is 17.3 Å². The van der Waals surface area contributed by atoms with E-state index in [0.717, 1.165) is 12.0 Å². The molecule has 0 fully saturated rings. The number of aromatic nitrogens is 1. The number of benzene rings is 1. The molecule has 1 heterocycles. The van der Waals surface area contributed by atoms with Crippen molar-refractivity contribution < 1.29 is 4.39 Å². The number of hydrogen-bond donors (Lipinski definition) is 1. The third kappa shape index (κ3) is 3.43. The summed E-state index contributed by atoms with van der Waals surface area (Å²) in [6, 6.07) is 8.34. The van der Waals surface area contributed by atoms with Gasteiger partial charge in [-0.25, -0.2) is 4.39 Å². The molecule has 1 N–H and O–H groups in total. The summed E-state index contributed by atoms with van der Waals surface area (Å²) in [6.07, 6.45) is 4.32. The highest BCUT2D eigenvalue weighted by molar-refractivity contribution is 6.30. The van der Waals surface area contributed by atoms with E-state index in [4.69, 9.17) is 11.6 Å². The van der Waals surface area contributed by atoms with Crippen LogP contribution >= 0.6 is 11.6 Å². The Balaban J connectivity index is 1.92. The lowest BCUT2D eigenvalue weighted by Gasteiger charge is -2.07. The molecule has 0 radical (unpaired) electrons. The average Bonchev–Trinajstić information content (AvgIpc) is 2.35. The van der Waals surface area contributed by atoms with Gasteiger partial charge in [0.15, 0.2) is 0 Å². The Morgan fingerprint density at radius 3 is 2.94 bits per heavy atom. The number of anilines is 1. The van der Waals surface area contributed by atoms with Crippen molar-refractivity contribution in [3.05, 3.63) is 59.1 Å². The van der Waals surface area contributed by atoms with Crippen molar-refractivity contribution in [2.45, 2.75) is 6.42 Å². The second-order valence-corrected chi connectivity index (χ2v) is 4.10. The first-order chi connectivity index (χ1) is 8.25. The Morgan fingerprint density at radius 2 is 2.18 bits per heavy atom. The first kappa shape index (κ1) is 11.9. The van der Waals surface area contributed by atoms with Gasteiger partial charge in [-0.3, -0.25) is 4.98 Å². The molecule has 0 amide bonds. The van der Waals surface area contributed by atoms with Crippen LogP contribution in [-0.2, 0) is 6.42 Å². The maximum absolute atomic E-state index is 13.4. The number of halogens is 2. The second-order valence-electron chi connectivity index (χ2n) is 3.66. The van der Waals surface area contributed by atoms with E-state index in [2.05, 4.69) is 10.3 Å². The van der Waals surface area contributed by atoms with Gasteiger partial charge < -0.3 is 5.32 Å². The van der Waals surface area contributed by atoms with Crippen molar-refractivity contribution in [2.75, 3.05) is 11.9 Å². The van der Waals surface area contributed by atoms with Gasteiger partial charge in [0.05, 0.1) is 5.69 Å². The summed E-state index contributed by atoms with van der Waals surface area (Å²) >= 11 is 5.80. The van der Waals surface area contributed by atoms with Gasteiger partial charge in [0.25, 0.3) is 0 Å². The largest absolute Gasteiger partial charge is 0.382 e. The smallest absolute Gasteiger partial charge is 0.146 e. The highest BCUT2D eigenvalue weighted by atomic mass is 35.5. The minimum Gasteiger partial charge on any atom is -0.382 e. The van der Waals surface area contributed by atoms with E-state index >= 15 is 0 Å². The standard InChI is InChI=1S/C13H12ClFN2/c14-11-3-4-12(15)13(8-11)17-7-5-10-2-1-6-16-9-10/h1-4,6,8-9,17H,5,7H2. The fourth-order valence-corrected chi connectivity index (χ4v) is 1.69. The molecule has 0 aliphatic carbocycles. The Labute approximate surface area is 104 Å². The fourth-order valence-electron chi connectivity index (χ4n) is 1.52. The van der Waals surface area contributed by atoms with E-state index in [0.29, 0.717) is 17.3 Å². The van der Waals surface area contributed by atoms with Crippen LogP contribution in [0.15, 0.2) is 42.7 Å². The molecule has 0 spiro atoms. The predicted molar refractivity (Wildman–Crippen MR) is 67.8 cm³/mol. The van der Waals surface area contributed by atoms with E-state index in [1.807, 2.05) is 12.1 Å². The van der Waals surface area contributed by atoms with Gasteiger partial charge in [-0.15, -0.1) is 0 Å². The first-order valence-electron chi connectivity index (χ1n) is 5.33. The Hall–Kier alpha value is -1.61. The van der Waals surface area contributed by atoms with Gasteiger partial charge in [0, 0.05) is 24.0 Å².